The molecule has 0 spiro atoms. The van der Waals surface area contributed by atoms with Gasteiger partial charge in [-0.25, -0.2) is 9.97 Å². The van der Waals surface area contributed by atoms with Crippen LogP contribution < -0.4 is 5.32 Å². The minimum absolute atomic E-state index is 0.674. The summed E-state index contributed by atoms with van der Waals surface area (Å²) in [7, 11) is 0. The van der Waals surface area contributed by atoms with Crippen molar-refractivity contribution in [1.29, 1.82) is 0 Å². The van der Waals surface area contributed by atoms with Crippen LogP contribution in [0.1, 0.15) is 0 Å². The fraction of sp³-hybridized carbons (Fsp3) is 0.143. The van der Waals surface area contributed by atoms with Crippen molar-refractivity contribution < 1.29 is 0 Å². The van der Waals surface area contributed by atoms with E-state index in [0.29, 0.717) is 6.54 Å². The molecule has 1 aromatic rings. The van der Waals surface area contributed by atoms with E-state index in [-0.39, 0.29) is 0 Å². The molecule has 0 bridgehead atoms. The summed E-state index contributed by atoms with van der Waals surface area (Å²) < 4.78 is 1.90. The van der Waals surface area contributed by atoms with Crippen molar-refractivity contribution >= 4 is 44.3 Å². The number of hydrogen-bond donors (Lipinski definition) is 1. The van der Waals surface area contributed by atoms with Crippen LogP contribution in [0.2, 0.25) is 0 Å². The summed E-state index contributed by atoms with van der Waals surface area (Å²) in [6.07, 6.45) is 3.27. The van der Waals surface area contributed by atoms with Crippen LogP contribution in [0.15, 0.2) is 23.6 Å². The standard InChI is InChI=1S/C7H7BrIN3/c1-5(8)2-11-7-6(9)3-10-4-12-7/h3-4H,1-2H2,(H,10,11,12). The largest absolute Gasteiger partial charge is 0.365 e. The number of nitrogens with one attached hydrogen (secondary N) is 1. The van der Waals surface area contributed by atoms with Crippen LogP contribution in [0.3, 0.4) is 0 Å². The Hall–Kier alpha value is -0.170. The second-order valence-electron chi connectivity index (χ2n) is 2.09. The topological polar surface area (TPSA) is 37.8 Å². The lowest BCUT2D eigenvalue weighted by Crippen LogP contribution is -2.04. The van der Waals surface area contributed by atoms with E-state index in [9.17, 15) is 0 Å². The van der Waals surface area contributed by atoms with E-state index in [2.05, 4.69) is 60.4 Å². The zero-order valence-corrected chi connectivity index (χ0v) is 9.96. The van der Waals surface area contributed by atoms with Gasteiger partial charge in [0.05, 0.1) is 3.57 Å². The van der Waals surface area contributed by atoms with Crippen molar-refractivity contribution in [3.05, 3.63) is 27.2 Å². The Kier molecular flexibility index (Phi) is 3.93. The lowest BCUT2D eigenvalue weighted by Gasteiger charge is -2.04. The summed E-state index contributed by atoms with van der Waals surface area (Å²) in [5, 5.41) is 3.11. The van der Waals surface area contributed by atoms with Crippen LogP contribution in [0.25, 0.3) is 0 Å². The van der Waals surface area contributed by atoms with Crippen molar-refractivity contribution in [2.45, 2.75) is 0 Å². The Labute approximate surface area is 93.0 Å². The molecule has 1 aromatic heterocycles. The van der Waals surface area contributed by atoms with Crippen LogP contribution in [0.5, 0.6) is 0 Å². The van der Waals surface area contributed by atoms with Crippen molar-refractivity contribution in [1.82, 2.24) is 9.97 Å². The maximum absolute atomic E-state index is 4.06. The summed E-state index contributed by atoms with van der Waals surface area (Å²) in [5.74, 6) is 0.839. The molecule has 0 aliphatic rings. The predicted octanol–water partition coefficient (Wildman–Crippen LogP) is 2.40. The lowest BCUT2D eigenvalue weighted by atomic mass is 10.5. The van der Waals surface area contributed by atoms with Crippen LogP contribution in [0.4, 0.5) is 5.82 Å². The second-order valence-corrected chi connectivity index (χ2v) is 4.37. The average molecular weight is 340 g/mol. The first-order valence-corrected chi connectivity index (χ1v) is 5.10. The molecule has 3 nitrogen and oxygen atoms in total. The van der Waals surface area contributed by atoms with Gasteiger partial charge < -0.3 is 5.32 Å². The molecule has 12 heavy (non-hydrogen) atoms. The van der Waals surface area contributed by atoms with Gasteiger partial charge in [-0.1, -0.05) is 22.5 Å². The minimum atomic E-state index is 0.674. The number of hydrogen-bond acceptors (Lipinski definition) is 3. The predicted molar refractivity (Wildman–Crippen MR) is 61.3 cm³/mol. The van der Waals surface area contributed by atoms with E-state index in [1.807, 2.05) is 0 Å². The van der Waals surface area contributed by atoms with E-state index in [4.69, 9.17) is 0 Å². The first kappa shape index (κ1) is 9.91. The fourth-order valence-electron chi connectivity index (χ4n) is 0.622. The molecule has 64 valence electrons. The number of aromatic nitrogens is 2. The van der Waals surface area contributed by atoms with Crippen LogP contribution in [-0.2, 0) is 0 Å². The Morgan fingerprint density at radius 1 is 1.75 bits per heavy atom. The van der Waals surface area contributed by atoms with Gasteiger partial charge in [-0.3, -0.25) is 0 Å². The molecule has 0 aliphatic carbocycles. The quantitative estimate of drug-likeness (QED) is 0.859. The summed E-state index contributed by atoms with van der Waals surface area (Å²) >= 11 is 5.43. The van der Waals surface area contributed by atoms with E-state index in [1.165, 1.54) is 6.33 Å². The van der Waals surface area contributed by atoms with Gasteiger partial charge in [-0.2, -0.15) is 0 Å². The van der Waals surface area contributed by atoms with Crippen molar-refractivity contribution in [3.63, 3.8) is 0 Å². The van der Waals surface area contributed by atoms with Gasteiger partial charge in [0.15, 0.2) is 0 Å². The second kappa shape index (κ2) is 4.76. The molecule has 5 heteroatoms. The first-order valence-electron chi connectivity index (χ1n) is 3.23. The summed E-state index contributed by atoms with van der Waals surface area (Å²) in [4.78, 5) is 7.94. The molecule has 1 rings (SSSR count). The van der Waals surface area contributed by atoms with E-state index >= 15 is 0 Å². The van der Waals surface area contributed by atoms with E-state index in [1.54, 1.807) is 6.20 Å². The third-order valence-electron chi connectivity index (χ3n) is 1.12. The summed E-state index contributed by atoms with van der Waals surface area (Å²) in [6, 6.07) is 0. The number of anilines is 1. The Bertz CT molecular complexity index is 290. The van der Waals surface area contributed by atoms with Gasteiger partial charge in [-0.15, -0.1) is 0 Å². The van der Waals surface area contributed by atoms with Crippen molar-refractivity contribution in [2.24, 2.45) is 0 Å². The minimum Gasteiger partial charge on any atom is -0.365 e. The van der Waals surface area contributed by atoms with Gasteiger partial charge in [0.1, 0.15) is 12.1 Å². The first-order chi connectivity index (χ1) is 5.70. The van der Waals surface area contributed by atoms with Gasteiger partial charge in [0.2, 0.25) is 0 Å². The molecule has 1 heterocycles. The molecule has 0 unspecified atom stereocenters. The van der Waals surface area contributed by atoms with E-state index in [0.717, 1.165) is 13.9 Å². The summed E-state index contributed by atoms with van der Waals surface area (Å²) in [6.45, 7) is 4.38. The van der Waals surface area contributed by atoms with Gasteiger partial charge >= 0.3 is 0 Å². The average Bonchev–Trinajstić information content (AvgIpc) is 2.03. The van der Waals surface area contributed by atoms with Gasteiger partial charge in [-0.05, 0) is 22.6 Å². The molecule has 0 fully saturated rings. The molecule has 0 aliphatic heterocycles. The maximum atomic E-state index is 4.06. The molecule has 0 aromatic carbocycles. The number of nitrogens with zero attached hydrogens (tertiary/aromatic N) is 2. The molecule has 0 radical (unpaired) electrons. The highest BCUT2D eigenvalue weighted by molar-refractivity contribution is 14.1. The highest BCUT2D eigenvalue weighted by Gasteiger charge is 1.98. The Balaban J connectivity index is 2.63. The monoisotopic (exact) mass is 339 g/mol. The van der Waals surface area contributed by atoms with Gasteiger partial charge in [0, 0.05) is 17.2 Å². The van der Waals surface area contributed by atoms with Gasteiger partial charge in [0.25, 0.3) is 0 Å². The number of halogens is 2. The highest BCUT2D eigenvalue weighted by Crippen LogP contribution is 2.13. The van der Waals surface area contributed by atoms with E-state index < -0.39 is 0 Å². The molecule has 0 saturated heterocycles. The Morgan fingerprint density at radius 3 is 3.08 bits per heavy atom. The summed E-state index contributed by atoms with van der Waals surface area (Å²) in [5.41, 5.74) is 0. The fourth-order valence-corrected chi connectivity index (χ4v) is 1.25. The highest BCUT2D eigenvalue weighted by atomic mass is 127. The molecular weight excluding hydrogens is 333 g/mol. The lowest BCUT2D eigenvalue weighted by molar-refractivity contribution is 1.12. The molecule has 1 N–H and O–H groups in total. The van der Waals surface area contributed by atoms with Crippen LogP contribution >= 0.6 is 38.5 Å². The third-order valence-corrected chi connectivity index (χ3v) is 2.19. The van der Waals surface area contributed by atoms with Crippen LogP contribution in [-0.4, -0.2) is 16.5 Å². The zero-order valence-electron chi connectivity index (χ0n) is 6.22. The SMILES string of the molecule is C=C(Br)CNc1ncncc1I. The van der Waals surface area contributed by atoms with Crippen LogP contribution in [0, 0.1) is 3.57 Å². The smallest absolute Gasteiger partial charge is 0.143 e. The zero-order chi connectivity index (χ0) is 8.97. The van der Waals surface area contributed by atoms with Crippen molar-refractivity contribution in [2.75, 3.05) is 11.9 Å². The normalized spacial score (nSPS) is 9.50. The number of rotatable bonds is 3. The molecule has 0 atom stereocenters. The molecular formula is C7H7BrIN3. The maximum Gasteiger partial charge on any atom is 0.143 e. The Morgan fingerprint density at radius 2 is 2.50 bits per heavy atom. The molecule has 0 amide bonds. The van der Waals surface area contributed by atoms with Crippen molar-refractivity contribution in [3.8, 4) is 0 Å². The third kappa shape index (κ3) is 3.06. The molecule has 0 saturated carbocycles.